The van der Waals surface area contributed by atoms with Crippen LogP contribution < -0.4 is 0 Å². The van der Waals surface area contributed by atoms with Crippen molar-refractivity contribution in [2.24, 2.45) is 0 Å². The lowest BCUT2D eigenvalue weighted by atomic mass is 10.1. The number of ether oxygens (including phenoxy) is 1. The first kappa shape index (κ1) is 12.4. The number of rotatable bonds is 3. The van der Waals surface area contributed by atoms with Crippen LogP contribution in [-0.2, 0) is 20.2 Å². The zero-order valence-corrected chi connectivity index (χ0v) is 11.2. The van der Waals surface area contributed by atoms with Crippen LogP contribution in [0.3, 0.4) is 0 Å². The molecule has 1 aliphatic heterocycles. The average molecular weight is 289 g/mol. The van der Waals surface area contributed by atoms with Crippen molar-refractivity contribution in [1.29, 1.82) is 0 Å². The highest BCUT2D eigenvalue weighted by molar-refractivity contribution is 7.92. The van der Waals surface area contributed by atoms with Gasteiger partial charge in [-0.25, -0.2) is 8.42 Å². The van der Waals surface area contributed by atoms with Crippen molar-refractivity contribution in [3.8, 4) is 0 Å². The summed E-state index contributed by atoms with van der Waals surface area (Å²) >= 11 is 6.04. The Morgan fingerprint density at radius 3 is 2.44 bits per heavy atom. The van der Waals surface area contributed by atoms with Crippen molar-refractivity contribution >= 4 is 21.4 Å². The fourth-order valence-electron chi connectivity index (χ4n) is 2.00. The molecular formula is C12H13ClO4S. The Morgan fingerprint density at radius 2 is 2.00 bits per heavy atom. The van der Waals surface area contributed by atoms with Gasteiger partial charge in [0.05, 0.1) is 28.7 Å². The van der Waals surface area contributed by atoms with Crippen LogP contribution in [-0.4, -0.2) is 32.0 Å². The first-order valence-electron chi connectivity index (χ1n) is 5.77. The topological polar surface area (TPSA) is 63.6 Å². The largest absolute Gasteiger partial charge is 0.385 e. The fraction of sp³-hybridized carbons (Fsp3) is 0.500. The third-order valence-corrected chi connectivity index (χ3v) is 6.09. The Labute approximate surface area is 110 Å². The second-order valence-corrected chi connectivity index (χ2v) is 7.48. The maximum atomic E-state index is 12.2. The molecule has 0 spiro atoms. The zero-order valence-electron chi connectivity index (χ0n) is 9.60. The molecule has 1 N–H and O–H groups in total. The van der Waals surface area contributed by atoms with E-state index in [-0.39, 0.29) is 23.1 Å². The molecule has 0 bridgehead atoms. The number of hydrogen-bond donors (Lipinski definition) is 1. The fourth-order valence-corrected chi connectivity index (χ4v) is 4.00. The molecule has 4 nitrogen and oxygen atoms in total. The summed E-state index contributed by atoms with van der Waals surface area (Å²) in [6.45, 7) is 0.453. The molecule has 1 saturated carbocycles. The van der Waals surface area contributed by atoms with Crippen molar-refractivity contribution in [1.82, 2.24) is 0 Å². The molecule has 1 aliphatic carbocycles. The summed E-state index contributed by atoms with van der Waals surface area (Å²) in [4.78, 5) is 0.130. The molecule has 1 aromatic rings. The second kappa shape index (κ2) is 3.93. The molecule has 0 aromatic heterocycles. The van der Waals surface area contributed by atoms with Crippen LogP contribution in [0.2, 0.25) is 5.02 Å². The Balaban J connectivity index is 1.98. The smallest absolute Gasteiger partial charge is 0.187 e. The summed E-state index contributed by atoms with van der Waals surface area (Å²) in [6, 6.07) is 4.69. The van der Waals surface area contributed by atoms with Gasteiger partial charge < -0.3 is 9.84 Å². The van der Waals surface area contributed by atoms with Gasteiger partial charge in [0.25, 0.3) is 0 Å². The molecule has 0 radical (unpaired) electrons. The Bertz CT molecular complexity index is 588. The first-order chi connectivity index (χ1) is 8.43. The summed E-state index contributed by atoms with van der Waals surface area (Å²) in [5.41, 5.74) is -0.109. The van der Waals surface area contributed by atoms with E-state index in [1.165, 1.54) is 6.07 Å². The maximum Gasteiger partial charge on any atom is 0.187 e. The van der Waals surface area contributed by atoms with E-state index in [4.69, 9.17) is 16.3 Å². The summed E-state index contributed by atoms with van der Waals surface area (Å²) in [5.74, 6) is 0. The van der Waals surface area contributed by atoms with Crippen molar-refractivity contribution in [3.05, 3.63) is 28.8 Å². The van der Waals surface area contributed by atoms with E-state index in [9.17, 15) is 13.5 Å². The van der Waals surface area contributed by atoms with E-state index in [2.05, 4.69) is 0 Å². The van der Waals surface area contributed by atoms with E-state index in [1.807, 2.05) is 0 Å². The maximum absolute atomic E-state index is 12.2. The molecule has 0 amide bonds. The minimum Gasteiger partial charge on any atom is -0.385 e. The van der Waals surface area contributed by atoms with Gasteiger partial charge in [0.2, 0.25) is 0 Å². The van der Waals surface area contributed by atoms with Crippen LogP contribution in [0.25, 0.3) is 0 Å². The lowest BCUT2D eigenvalue weighted by Crippen LogP contribution is -2.40. The highest BCUT2D eigenvalue weighted by atomic mass is 35.5. The summed E-state index contributed by atoms with van der Waals surface area (Å²) in [5, 5.41) is 9.64. The van der Waals surface area contributed by atoms with Crippen molar-refractivity contribution in [2.75, 3.05) is 13.2 Å². The molecule has 2 aliphatic rings. The molecule has 18 heavy (non-hydrogen) atoms. The SMILES string of the molecule is O=S(=O)(c1ccc(C2(O)CC2)cc1Cl)C1COC1. The quantitative estimate of drug-likeness (QED) is 0.915. The van der Waals surface area contributed by atoms with Gasteiger partial charge in [-0.1, -0.05) is 17.7 Å². The molecule has 0 unspecified atom stereocenters. The molecule has 0 atom stereocenters. The summed E-state index contributed by atoms with van der Waals surface area (Å²) in [6.07, 6.45) is 1.40. The molecule has 98 valence electrons. The molecular weight excluding hydrogens is 276 g/mol. The van der Waals surface area contributed by atoms with Crippen LogP contribution in [0, 0.1) is 0 Å². The minimum atomic E-state index is -3.41. The lowest BCUT2D eigenvalue weighted by molar-refractivity contribution is 0.0416. The summed E-state index contributed by atoms with van der Waals surface area (Å²) in [7, 11) is -3.41. The van der Waals surface area contributed by atoms with E-state index in [1.54, 1.807) is 12.1 Å². The number of halogens is 1. The van der Waals surface area contributed by atoms with Crippen molar-refractivity contribution in [3.63, 3.8) is 0 Å². The van der Waals surface area contributed by atoms with Crippen LogP contribution >= 0.6 is 11.6 Å². The van der Waals surface area contributed by atoms with Crippen LogP contribution in [0.1, 0.15) is 18.4 Å². The number of aliphatic hydroxyl groups is 1. The highest BCUT2D eigenvalue weighted by Crippen LogP contribution is 2.46. The normalized spacial score (nSPS) is 22.6. The van der Waals surface area contributed by atoms with Gasteiger partial charge in [-0.05, 0) is 30.5 Å². The molecule has 1 saturated heterocycles. The van der Waals surface area contributed by atoms with Crippen molar-refractivity contribution < 1.29 is 18.3 Å². The van der Waals surface area contributed by atoms with Crippen LogP contribution in [0.15, 0.2) is 23.1 Å². The second-order valence-electron chi connectivity index (χ2n) is 4.88. The van der Waals surface area contributed by atoms with E-state index < -0.39 is 20.7 Å². The minimum absolute atomic E-state index is 0.130. The third kappa shape index (κ3) is 1.86. The average Bonchev–Trinajstić information content (AvgIpc) is 2.93. The van der Waals surface area contributed by atoms with Crippen LogP contribution in [0.4, 0.5) is 0 Å². The van der Waals surface area contributed by atoms with E-state index in [0.29, 0.717) is 18.4 Å². The van der Waals surface area contributed by atoms with E-state index in [0.717, 1.165) is 0 Å². The van der Waals surface area contributed by atoms with Gasteiger partial charge in [0.1, 0.15) is 5.25 Å². The van der Waals surface area contributed by atoms with Crippen LogP contribution in [0.5, 0.6) is 0 Å². The summed E-state index contributed by atoms with van der Waals surface area (Å²) < 4.78 is 29.3. The van der Waals surface area contributed by atoms with Gasteiger partial charge in [-0.3, -0.25) is 0 Å². The lowest BCUT2D eigenvalue weighted by Gasteiger charge is -2.26. The molecule has 2 fully saturated rings. The molecule has 6 heteroatoms. The highest BCUT2D eigenvalue weighted by Gasteiger charge is 2.43. The Hall–Kier alpha value is -0.620. The van der Waals surface area contributed by atoms with Gasteiger partial charge in [-0.2, -0.15) is 0 Å². The molecule has 1 aromatic carbocycles. The Kier molecular flexibility index (Phi) is 2.71. The number of hydrogen-bond acceptors (Lipinski definition) is 4. The predicted molar refractivity (Wildman–Crippen MR) is 66.4 cm³/mol. The monoisotopic (exact) mass is 288 g/mol. The van der Waals surface area contributed by atoms with Gasteiger partial charge in [0, 0.05) is 0 Å². The number of benzene rings is 1. The number of sulfone groups is 1. The Morgan fingerprint density at radius 1 is 1.33 bits per heavy atom. The first-order valence-corrected chi connectivity index (χ1v) is 7.70. The third-order valence-electron chi connectivity index (χ3n) is 3.55. The molecule has 3 rings (SSSR count). The predicted octanol–water partition coefficient (Wildman–Crippen LogP) is 1.49. The van der Waals surface area contributed by atoms with Gasteiger partial charge >= 0.3 is 0 Å². The van der Waals surface area contributed by atoms with Crippen molar-refractivity contribution in [2.45, 2.75) is 28.6 Å². The standard InChI is InChI=1S/C12H13ClO4S/c13-10-5-8(12(14)3-4-12)1-2-11(10)18(15,16)9-6-17-7-9/h1-2,5,9,14H,3-4,6-7H2. The molecule has 1 heterocycles. The zero-order chi connectivity index (χ0) is 13.0. The van der Waals surface area contributed by atoms with E-state index >= 15 is 0 Å². The van der Waals surface area contributed by atoms with Gasteiger partial charge in [0.15, 0.2) is 9.84 Å². The van der Waals surface area contributed by atoms with Gasteiger partial charge in [-0.15, -0.1) is 0 Å².